The number of carbonyl (C=O) groups is 2. The highest BCUT2D eigenvalue weighted by Crippen LogP contribution is 2.19. The number of nitrogens with zero attached hydrogens (tertiary/aromatic N) is 1. The van der Waals surface area contributed by atoms with E-state index in [-0.39, 0.29) is 18.3 Å². The summed E-state index contributed by atoms with van der Waals surface area (Å²) in [5.74, 6) is -0.651. The number of rotatable bonds is 6. The van der Waals surface area contributed by atoms with Crippen LogP contribution in [0.5, 0.6) is 0 Å². The monoisotopic (exact) mass is 395 g/mol. The molecule has 0 fully saturated rings. The number of methoxy groups -OCH3 is 1. The fourth-order valence-electron chi connectivity index (χ4n) is 2.84. The Bertz CT molecular complexity index is 1020. The highest BCUT2D eigenvalue weighted by atomic mass is 32.1. The van der Waals surface area contributed by atoms with E-state index in [0.717, 1.165) is 16.8 Å². The van der Waals surface area contributed by atoms with Crippen molar-refractivity contribution in [1.29, 1.82) is 0 Å². The lowest BCUT2D eigenvalue weighted by atomic mass is 10.0. The van der Waals surface area contributed by atoms with Crippen LogP contribution < -0.4 is 5.32 Å². The maximum atomic E-state index is 12.7. The Morgan fingerprint density at radius 3 is 2.39 bits per heavy atom. The van der Waals surface area contributed by atoms with Gasteiger partial charge < -0.3 is 15.0 Å². The average Bonchev–Trinajstić information content (AvgIpc) is 3.14. The minimum atomic E-state index is -0.474. The van der Waals surface area contributed by atoms with Gasteiger partial charge in [0.15, 0.2) is 4.77 Å². The molecular formula is C21H21N3O3S. The number of amides is 1. The molecule has 0 spiro atoms. The quantitative estimate of drug-likeness (QED) is 0.491. The number of hydrogen-bond donors (Lipinski definition) is 2. The van der Waals surface area contributed by atoms with Crippen molar-refractivity contribution in [2.24, 2.45) is 0 Å². The number of carbonyl (C=O) groups excluding carboxylic acids is 2. The molecule has 0 saturated carbocycles. The molecule has 0 aliphatic rings. The molecule has 2 aromatic carbocycles. The maximum Gasteiger partial charge on any atom is 0.307 e. The number of ether oxygens (including phenoxy) is 1. The summed E-state index contributed by atoms with van der Waals surface area (Å²) in [6.45, 7) is 1.98. The third-order valence-corrected chi connectivity index (χ3v) is 4.75. The highest BCUT2D eigenvalue weighted by Gasteiger charge is 2.19. The summed E-state index contributed by atoms with van der Waals surface area (Å²) in [5, 5.41) is 2.93. The number of aromatic amines is 1. The van der Waals surface area contributed by atoms with Crippen molar-refractivity contribution >= 4 is 24.1 Å². The van der Waals surface area contributed by atoms with E-state index in [2.05, 4.69) is 10.3 Å². The molecule has 6 nitrogen and oxygen atoms in total. The first-order valence-electron chi connectivity index (χ1n) is 8.78. The highest BCUT2D eigenvalue weighted by molar-refractivity contribution is 7.71. The zero-order valence-electron chi connectivity index (χ0n) is 15.6. The number of imidazole rings is 1. The van der Waals surface area contributed by atoms with Crippen LogP contribution in [0.25, 0.3) is 5.69 Å². The van der Waals surface area contributed by atoms with Crippen LogP contribution in [0.1, 0.15) is 33.9 Å². The normalized spacial score (nSPS) is 11.6. The van der Waals surface area contributed by atoms with Gasteiger partial charge in [-0.05, 0) is 49.0 Å². The Labute approximate surface area is 168 Å². The van der Waals surface area contributed by atoms with Gasteiger partial charge in [0.05, 0.1) is 19.6 Å². The Kier molecular flexibility index (Phi) is 6.06. The standard InChI is InChI=1S/C21H21N3O3S/c1-14-3-5-15(6-4-14)18(13-19(25)27-2)23-20(26)16-7-9-17(10-8-16)24-12-11-22-21(24)28/h3-12,18H,13H2,1-2H3,(H,22,28)(H,23,26). The van der Waals surface area contributed by atoms with E-state index in [9.17, 15) is 9.59 Å². The predicted octanol–water partition coefficient (Wildman–Crippen LogP) is 3.88. The average molecular weight is 395 g/mol. The smallest absolute Gasteiger partial charge is 0.307 e. The molecule has 3 rings (SSSR count). The zero-order chi connectivity index (χ0) is 20.1. The molecule has 0 bridgehead atoms. The third-order valence-electron chi connectivity index (χ3n) is 4.44. The van der Waals surface area contributed by atoms with Crippen molar-refractivity contribution in [3.8, 4) is 5.69 Å². The van der Waals surface area contributed by atoms with Gasteiger partial charge in [0.1, 0.15) is 0 Å². The summed E-state index contributed by atoms with van der Waals surface area (Å²) in [6.07, 6.45) is 3.63. The van der Waals surface area contributed by atoms with Gasteiger partial charge in [-0.15, -0.1) is 0 Å². The molecule has 1 aromatic heterocycles. The van der Waals surface area contributed by atoms with Crippen LogP contribution in [0.4, 0.5) is 0 Å². The minimum absolute atomic E-state index is 0.0574. The topological polar surface area (TPSA) is 76.1 Å². The fraction of sp³-hybridized carbons (Fsp3) is 0.190. The van der Waals surface area contributed by atoms with Crippen LogP contribution in [-0.4, -0.2) is 28.5 Å². The Balaban J connectivity index is 1.79. The molecule has 1 unspecified atom stereocenters. The molecule has 144 valence electrons. The molecule has 7 heteroatoms. The molecule has 28 heavy (non-hydrogen) atoms. The second-order valence-corrected chi connectivity index (χ2v) is 6.79. The van der Waals surface area contributed by atoms with E-state index >= 15 is 0 Å². The van der Waals surface area contributed by atoms with Gasteiger partial charge in [-0.2, -0.15) is 0 Å². The van der Waals surface area contributed by atoms with E-state index in [1.807, 2.05) is 54.1 Å². The summed E-state index contributed by atoms with van der Waals surface area (Å²) in [6, 6.07) is 14.3. The van der Waals surface area contributed by atoms with Gasteiger partial charge in [-0.3, -0.25) is 14.2 Å². The first-order chi connectivity index (χ1) is 13.5. The number of benzene rings is 2. The second-order valence-electron chi connectivity index (χ2n) is 6.40. The first-order valence-corrected chi connectivity index (χ1v) is 9.19. The van der Waals surface area contributed by atoms with Crippen LogP contribution in [0, 0.1) is 11.7 Å². The molecule has 1 atom stereocenters. The summed E-state index contributed by atoms with van der Waals surface area (Å²) in [5.41, 5.74) is 3.30. The summed E-state index contributed by atoms with van der Waals surface area (Å²) < 4.78 is 7.16. The maximum absolute atomic E-state index is 12.7. The lowest BCUT2D eigenvalue weighted by Gasteiger charge is -2.18. The van der Waals surface area contributed by atoms with E-state index in [1.165, 1.54) is 7.11 Å². The summed E-state index contributed by atoms with van der Waals surface area (Å²) in [4.78, 5) is 27.5. The van der Waals surface area contributed by atoms with E-state index in [4.69, 9.17) is 17.0 Å². The molecule has 1 amide bonds. The SMILES string of the molecule is COC(=O)CC(NC(=O)c1ccc(-n2cc[nH]c2=S)cc1)c1ccc(C)cc1. The van der Waals surface area contributed by atoms with E-state index < -0.39 is 6.04 Å². The Morgan fingerprint density at radius 2 is 1.82 bits per heavy atom. The van der Waals surface area contributed by atoms with Crippen molar-refractivity contribution in [3.63, 3.8) is 0 Å². The molecule has 1 heterocycles. The number of esters is 1. The van der Waals surface area contributed by atoms with Gasteiger partial charge in [0, 0.05) is 23.6 Å². The second kappa shape index (κ2) is 8.67. The van der Waals surface area contributed by atoms with Crippen LogP contribution in [0.3, 0.4) is 0 Å². The van der Waals surface area contributed by atoms with Gasteiger partial charge in [-0.1, -0.05) is 29.8 Å². The molecular weight excluding hydrogens is 374 g/mol. The summed E-state index contributed by atoms with van der Waals surface area (Å²) in [7, 11) is 1.33. The zero-order valence-corrected chi connectivity index (χ0v) is 16.5. The van der Waals surface area contributed by atoms with Gasteiger partial charge in [0.2, 0.25) is 0 Å². The number of hydrogen-bond acceptors (Lipinski definition) is 4. The minimum Gasteiger partial charge on any atom is -0.469 e. The van der Waals surface area contributed by atoms with Crippen molar-refractivity contribution < 1.29 is 14.3 Å². The number of aromatic nitrogens is 2. The lowest BCUT2D eigenvalue weighted by Crippen LogP contribution is -2.30. The molecule has 3 aromatic rings. The fourth-order valence-corrected chi connectivity index (χ4v) is 3.07. The molecule has 0 saturated heterocycles. The van der Waals surface area contributed by atoms with Gasteiger partial charge >= 0.3 is 5.97 Å². The van der Waals surface area contributed by atoms with Crippen LogP contribution in [0.15, 0.2) is 60.9 Å². The van der Waals surface area contributed by atoms with Crippen LogP contribution in [0.2, 0.25) is 0 Å². The molecule has 0 aliphatic heterocycles. The first kappa shape index (κ1) is 19.6. The van der Waals surface area contributed by atoms with Gasteiger partial charge in [0.25, 0.3) is 5.91 Å². The van der Waals surface area contributed by atoms with Crippen LogP contribution in [-0.2, 0) is 9.53 Å². The number of aryl methyl sites for hydroxylation is 1. The molecule has 2 N–H and O–H groups in total. The van der Waals surface area contributed by atoms with E-state index in [1.54, 1.807) is 18.3 Å². The number of nitrogens with one attached hydrogen (secondary N) is 2. The Hall–Kier alpha value is -3.19. The van der Waals surface area contributed by atoms with Gasteiger partial charge in [-0.25, -0.2) is 0 Å². The summed E-state index contributed by atoms with van der Waals surface area (Å²) >= 11 is 5.21. The molecule has 0 aliphatic carbocycles. The third kappa shape index (κ3) is 4.55. The van der Waals surface area contributed by atoms with E-state index in [0.29, 0.717) is 10.3 Å². The lowest BCUT2D eigenvalue weighted by molar-refractivity contribution is -0.141. The van der Waals surface area contributed by atoms with Crippen LogP contribution >= 0.6 is 12.2 Å². The van der Waals surface area contributed by atoms with Crippen molar-refractivity contribution in [1.82, 2.24) is 14.9 Å². The van der Waals surface area contributed by atoms with Crippen molar-refractivity contribution in [2.45, 2.75) is 19.4 Å². The van der Waals surface area contributed by atoms with Crippen molar-refractivity contribution in [2.75, 3.05) is 7.11 Å². The predicted molar refractivity (Wildman–Crippen MR) is 109 cm³/mol. The Morgan fingerprint density at radius 1 is 1.14 bits per heavy atom. The number of H-pyrrole nitrogens is 1. The van der Waals surface area contributed by atoms with Crippen molar-refractivity contribution in [3.05, 3.63) is 82.4 Å². The molecule has 0 radical (unpaired) electrons. The largest absolute Gasteiger partial charge is 0.469 e.